The lowest BCUT2D eigenvalue weighted by Gasteiger charge is -2.38. The normalized spacial score (nSPS) is 12.3. The maximum Gasteiger partial charge on any atom is 0.140 e. The molecule has 0 bridgehead atoms. The minimum Gasteiger partial charge on any atom is -0.389 e. The van der Waals surface area contributed by atoms with Crippen molar-refractivity contribution in [1.29, 1.82) is 5.26 Å². The van der Waals surface area contributed by atoms with E-state index in [0.29, 0.717) is 6.54 Å². The van der Waals surface area contributed by atoms with Crippen LogP contribution in [0.2, 0.25) is 0 Å². The van der Waals surface area contributed by atoms with Crippen molar-refractivity contribution < 1.29 is 9.50 Å². The van der Waals surface area contributed by atoms with Crippen molar-refractivity contribution in [3.63, 3.8) is 0 Å². The molecule has 0 amide bonds. The Bertz CT molecular complexity index is 470. The van der Waals surface area contributed by atoms with Gasteiger partial charge in [0, 0.05) is 12.1 Å². The van der Waals surface area contributed by atoms with E-state index in [1.54, 1.807) is 19.9 Å². The molecule has 0 aromatic heterocycles. The first-order valence-electron chi connectivity index (χ1n) is 5.83. The first kappa shape index (κ1) is 14.6. The molecule has 98 valence electrons. The number of hydrogen-bond acceptors (Lipinski definition) is 3. The summed E-state index contributed by atoms with van der Waals surface area (Å²) in [5.74, 6) is -0.511. The van der Waals surface area contributed by atoms with Gasteiger partial charge >= 0.3 is 0 Å². The second-order valence-corrected chi connectivity index (χ2v) is 5.46. The highest BCUT2D eigenvalue weighted by Crippen LogP contribution is 2.21. The molecule has 0 radical (unpaired) electrons. The average Bonchev–Trinajstić information content (AvgIpc) is 2.26. The van der Waals surface area contributed by atoms with Crippen molar-refractivity contribution in [3.8, 4) is 6.07 Å². The van der Waals surface area contributed by atoms with E-state index in [-0.39, 0.29) is 5.56 Å². The van der Waals surface area contributed by atoms with E-state index in [1.807, 2.05) is 19.9 Å². The van der Waals surface area contributed by atoms with Gasteiger partial charge in [-0.15, -0.1) is 0 Å². The van der Waals surface area contributed by atoms with E-state index in [9.17, 15) is 9.50 Å². The summed E-state index contributed by atoms with van der Waals surface area (Å²) >= 11 is 0. The summed E-state index contributed by atoms with van der Waals surface area (Å²) in [6.07, 6.45) is 0. The summed E-state index contributed by atoms with van der Waals surface area (Å²) in [6.45, 7) is 7.70. The molecule has 0 atom stereocenters. The largest absolute Gasteiger partial charge is 0.389 e. The standard InChI is InChI=1S/C14H19FN2O/c1-13(2,14(3,4)18)17-9-10-5-6-12(15)11(7-10)8-16/h5-7,17-18H,9H2,1-4H3. The molecule has 2 N–H and O–H groups in total. The van der Waals surface area contributed by atoms with Gasteiger partial charge in [0.15, 0.2) is 0 Å². The highest BCUT2D eigenvalue weighted by atomic mass is 19.1. The summed E-state index contributed by atoms with van der Waals surface area (Å²) in [5, 5.41) is 21.9. The van der Waals surface area contributed by atoms with Gasteiger partial charge in [-0.2, -0.15) is 5.26 Å². The maximum atomic E-state index is 13.2. The zero-order chi connectivity index (χ0) is 14.0. The number of nitrogens with zero attached hydrogens (tertiary/aromatic N) is 1. The number of rotatable bonds is 4. The SMILES string of the molecule is CC(C)(O)C(C)(C)NCc1ccc(F)c(C#N)c1. The Morgan fingerprint density at radius 3 is 2.44 bits per heavy atom. The summed E-state index contributed by atoms with van der Waals surface area (Å²) in [7, 11) is 0. The van der Waals surface area contributed by atoms with Crippen LogP contribution in [0.4, 0.5) is 4.39 Å². The minimum absolute atomic E-state index is 0.0374. The van der Waals surface area contributed by atoms with Crippen LogP contribution in [0.1, 0.15) is 38.8 Å². The Kier molecular flexibility index (Phi) is 4.10. The Labute approximate surface area is 107 Å². The molecule has 0 unspecified atom stereocenters. The van der Waals surface area contributed by atoms with Crippen molar-refractivity contribution in [2.24, 2.45) is 0 Å². The van der Waals surface area contributed by atoms with Gasteiger partial charge in [-0.1, -0.05) is 6.07 Å². The maximum absolute atomic E-state index is 13.2. The van der Waals surface area contributed by atoms with Crippen molar-refractivity contribution in [2.45, 2.75) is 45.4 Å². The Hall–Kier alpha value is -1.44. The van der Waals surface area contributed by atoms with Gasteiger partial charge in [0.1, 0.15) is 11.9 Å². The topological polar surface area (TPSA) is 56.0 Å². The van der Waals surface area contributed by atoms with E-state index in [2.05, 4.69) is 5.32 Å². The minimum atomic E-state index is -0.884. The second kappa shape index (κ2) is 5.05. The van der Waals surface area contributed by atoms with E-state index in [1.165, 1.54) is 12.1 Å². The lowest BCUT2D eigenvalue weighted by molar-refractivity contribution is -0.00532. The number of nitriles is 1. The summed E-state index contributed by atoms with van der Waals surface area (Å²) in [6, 6.07) is 6.24. The van der Waals surface area contributed by atoms with Crippen LogP contribution in [-0.4, -0.2) is 16.2 Å². The highest BCUT2D eigenvalue weighted by Gasteiger charge is 2.34. The van der Waals surface area contributed by atoms with E-state index in [0.717, 1.165) is 5.56 Å². The van der Waals surface area contributed by atoms with Gasteiger partial charge < -0.3 is 10.4 Å². The quantitative estimate of drug-likeness (QED) is 0.862. The highest BCUT2D eigenvalue weighted by molar-refractivity contribution is 5.34. The molecular weight excluding hydrogens is 231 g/mol. The molecule has 1 aromatic carbocycles. The fourth-order valence-electron chi connectivity index (χ4n) is 1.31. The lowest BCUT2D eigenvalue weighted by Crippen LogP contribution is -2.55. The van der Waals surface area contributed by atoms with Gasteiger partial charge in [-0.25, -0.2) is 4.39 Å². The first-order chi connectivity index (χ1) is 8.17. The van der Waals surface area contributed by atoms with Crippen LogP contribution in [0.3, 0.4) is 0 Å². The van der Waals surface area contributed by atoms with Gasteiger partial charge in [-0.05, 0) is 45.4 Å². The molecule has 0 aliphatic carbocycles. The molecule has 0 heterocycles. The third kappa shape index (κ3) is 3.28. The van der Waals surface area contributed by atoms with Crippen molar-refractivity contribution >= 4 is 0 Å². The molecule has 0 aliphatic heterocycles. The number of hydrogen-bond donors (Lipinski definition) is 2. The van der Waals surface area contributed by atoms with E-state index >= 15 is 0 Å². The molecule has 0 spiro atoms. The molecule has 0 saturated carbocycles. The Balaban J connectivity index is 2.79. The summed E-state index contributed by atoms with van der Waals surface area (Å²) in [4.78, 5) is 0. The third-order valence-corrected chi connectivity index (χ3v) is 3.42. The van der Waals surface area contributed by atoms with Crippen LogP contribution in [0.5, 0.6) is 0 Å². The van der Waals surface area contributed by atoms with Crippen LogP contribution < -0.4 is 5.32 Å². The molecule has 3 nitrogen and oxygen atoms in total. The molecule has 0 fully saturated rings. The number of nitrogens with one attached hydrogen (secondary N) is 1. The van der Waals surface area contributed by atoms with Crippen LogP contribution in [0.25, 0.3) is 0 Å². The molecule has 0 aliphatic rings. The lowest BCUT2D eigenvalue weighted by atomic mass is 9.86. The van der Waals surface area contributed by atoms with E-state index < -0.39 is 17.0 Å². The number of benzene rings is 1. The van der Waals surface area contributed by atoms with Gasteiger partial charge in [0.05, 0.1) is 11.2 Å². The van der Waals surface area contributed by atoms with Crippen molar-refractivity contribution in [3.05, 3.63) is 35.1 Å². The second-order valence-electron chi connectivity index (χ2n) is 5.46. The van der Waals surface area contributed by atoms with Gasteiger partial charge in [-0.3, -0.25) is 0 Å². The predicted octanol–water partition coefficient (Wildman–Crippen LogP) is 2.34. The van der Waals surface area contributed by atoms with Crippen LogP contribution in [-0.2, 0) is 6.54 Å². The van der Waals surface area contributed by atoms with Crippen LogP contribution >= 0.6 is 0 Å². The Morgan fingerprint density at radius 2 is 1.94 bits per heavy atom. The van der Waals surface area contributed by atoms with Gasteiger partial charge in [0.2, 0.25) is 0 Å². The zero-order valence-electron chi connectivity index (χ0n) is 11.2. The fraction of sp³-hybridized carbons (Fsp3) is 0.500. The Morgan fingerprint density at radius 1 is 1.33 bits per heavy atom. The predicted molar refractivity (Wildman–Crippen MR) is 68.3 cm³/mol. The molecule has 18 heavy (non-hydrogen) atoms. The summed E-state index contributed by atoms with van der Waals surface area (Å²) < 4.78 is 13.2. The first-order valence-corrected chi connectivity index (χ1v) is 5.83. The number of halogens is 1. The molecule has 4 heteroatoms. The number of aliphatic hydroxyl groups is 1. The monoisotopic (exact) mass is 250 g/mol. The molecule has 0 saturated heterocycles. The zero-order valence-corrected chi connectivity index (χ0v) is 11.2. The molecular formula is C14H19FN2O. The fourth-order valence-corrected chi connectivity index (χ4v) is 1.31. The third-order valence-electron chi connectivity index (χ3n) is 3.42. The van der Waals surface area contributed by atoms with Crippen LogP contribution in [0.15, 0.2) is 18.2 Å². The smallest absolute Gasteiger partial charge is 0.140 e. The van der Waals surface area contributed by atoms with Crippen molar-refractivity contribution in [1.82, 2.24) is 5.32 Å². The van der Waals surface area contributed by atoms with Crippen molar-refractivity contribution in [2.75, 3.05) is 0 Å². The van der Waals surface area contributed by atoms with E-state index in [4.69, 9.17) is 5.26 Å². The summed E-state index contributed by atoms with van der Waals surface area (Å²) in [5.41, 5.74) is -0.528. The molecule has 1 rings (SSSR count). The average molecular weight is 250 g/mol. The molecule has 1 aromatic rings. The van der Waals surface area contributed by atoms with Gasteiger partial charge in [0.25, 0.3) is 0 Å². The van der Waals surface area contributed by atoms with Crippen LogP contribution in [0, 0.1) is 17.1 Å².